The number of aromatic nitrogens is 4. The molecule has 0 aliphatic carbocycles. The van der Waals surface area contributed by atoms with Crippen LogP contribution in [0.2, 0.25) is 5.02 Å². The highest BCUT2D eigenvalue weighted by atomic mass is 35.5. The molecule has 0 unspecified atom stereocenters. The van der Waals surface area contributed by atoms with E-state index in [0.717, 1.165) is 22.6 Å². The van der Waals surface area contributed by atoms with Crippen molar-refractivity contribution in [1.82, 2.24) is 19.6 Å². The fourth-order valence-corrected chi connectivity index (χ4v) is 3.60. The third kappa shape index (κ3) is 4.80. The molecule has 8 nitrogen and oxygen atoms in total. The highest BCUT2D eigenvalue weighted by Crippen LogP contribution is 2.23. The molecule has 31 heavy (non-hydrogen) atoms. The van der Waals surface area contributed by atoms with Crippen LogP contribution in [0.25, 0.3) is 0 Å². The van der Waals surface area contributed by atoms with Crippen LogP contribution >= 0.6 is 11.6 Å². The van der Waals surface area contributed by atoms with Gasteiger partial charge < -0.3 is 10.1 Å². The number of halogens is 1. The van der Waals surface area contributed by atoms with Crippen molar-refractivity contribution >= 4 is 29.2 Å². The van der Waals surface area contributed by atoms with E-state index in [0.29, 0.717) is 35.1 Å². The molecule has 0 aliphatic heterocycles. The normalized spacial score (nSPS) is 10.9. The van der Waals surface area contributed by atoms with Gasteiger partial charge >= 0.3 is 5.97 Å². The number of hydrogen-bond donors (Lipinski definition) is 1. The van der Waals surface area contributed by atoms with Gasteiger partial charge in [-0.3, -0.25) is 14.2 Å². The van der Waals surface area contributed by atoms with Crippen molar-refractivity contribution < 1.29 is 14.3 Å². The lowest BCUT2D eigenvalue weighted by Crippen LogP contribution is -2.16. The van der Waals surface area contributed by atoms with E-state index in [1.807, 2.05) is 39.8 Å². The Hall–Kier alpha value is -3.13. The summed E-state index contributed by atoms with van der Waals surface area (Å²) >= 11 is 6.17. The van der Waals surface area contributed by atoms with Crippen molar-refractivity contribution in [3.63, 3.8) is 0 Å². The summed E-state index contributed by atoms with van der Waals surface area (Å²) in [5.41, 5.74) is 5.06. The average molecular weight is 444 g/mol. The summed E-state index contributed by atoms with van der Waals surface area (Å²) in [6.07, 6.45) is 0.257. The van der Waals surface area contributed by atoms with E-state index < -0.39 is 5.97 Å². The van der Waals surface area contributed by atoms with Crippen LogP contribution in [0.1, 0.15) is 45.1 Å². The molecule has 0 saturated heterocycles. The number of carbonyl (C=O) groups is 2. The van der Waals surface area contributed by atoms with Gasteiger partial charge in [0.25, 0.3) is 0 Å². The van der Waals surface area contributed by atoms with Crippen molar-refractivity contribution in [3.05, 3.63) is 63.2 Å². The maximum atomic E-state index is 12.6. The first-order valence-electron chi connectivity index (χ1n) is 9.92. The van der Waals surface area contributed by atoms with Crippen LogP contribution in [0, 0.1) is 27.7 Å². The van der Waals surface area contributed by atoms with Gasteiger partial charge in [0.1, 0.15) is 0 Å². The first kappa shape index (κ1) is 22.6. The highest BCUT2D eigenvalue weighted by molar-refractivity contribution is 6.31. The number of carbonyl (C=O) groups excluding carboxylic acids is 2. The topological polar surface area (TPSA) is 91.0 Å². The molecule has 0 saturated carbocycles. The molecule has 0 bridgehead atoms. The van der Waals surface area contributed by atoms with Crippen LogP contribution in [0.15, 0.2) is 24.3 Å². The number of methoxy groups -OCH3 is 1. The first-order valence-corrected chi connectivity index (χ1v) is 10.3. The van der Waals surface area contributed by atoms with E-state index in [-0.39, 0.29) is 12.3 Å². The fraction of sp³-hybridized carbons (Fsp3) is 0.364. The summed E-state index contributed by atoms with van der Waals surface area (Å²) in [5.74, 6) is -0.528. The predicted octanol–water partition coefficient (Wildman–Crippen LogP) is 3.83. The second-order valence-electron chi connectivity index (χ2n) is 7.36. The van der Waals surface area contributed by atoms with Crippen molar-refractivity contribution in [2.45, 2.75) is 47.2 Å². The molecule has 164 valence electrons. The number of esters is 1. The number of nitrogens with one attached hydrogen (secondary N) is 1. The maximum absolute atomic E-state index is 12.6. The standard InChI is InChI=1S/C22H26ClN5O3/c1-13-20(23)15(3)27(25-13)11-10-19(29)24-21-14(2)26-28(16(21)4)12-17-8-6-7-9-18(17)22(30)31-5/h6-9H,10-12H2,1-5H3,(H,24,29). The van der Waals surface area contributed by atoms with Gasteiger partial charge in [-0.05, 0) is 39.3 Å². The number of ether oxygens (including phenoxy) is 1. The van der Waals surface area contributed by atoms with Crippen LogP contribution in [-0.4, -0.2) is 38.5 Å². The summed E-state index contributed by atoms with van der Waals surface area (Å²) in [5, 5.41) is 12.5. The number of benzene rings is 1. The Morgan fingerprint density at radius 3 is 2.35 bits per heavy atom. The molecule has 1 amide bonds. The highest BCUT2D eigenvalue weighted by Gasteiger charge is 2.18. The van der Waals surface area contributed by atoms with Gasteiger partial charge in [-0.15, -0.1) is 0 Å². The molecule has 3 rings (SSSR count). The van der Waals surface area contributed by atoms with Crippen LogP contribution in [0.4, 0.5) is 5.69 Å². The minimum absolute atomic E-state index is 0.135. The third-order valence-electron chi connectivity index (χ3n) is 5.23. The van der Waals surface area contributed by atoms with E-state index in [1.165, 1.54) is 7.11 Å². The number of anilines is 1. The zero-order valence-corrected chi connectivity index (χ0v) is 19.1. The Bertz CT molecular complexity index is 1130. The SMILES string of the molecule is COC(=O)c1ccccc1Cn1nc(C)c(NC(=O)CCn2nc(C)c(Cl)c2C)c1C. The van der Waals surface area contributed by atoms with Gasteiger partial charge in [0.05, 0.1) is 59.2 Å². The third-order valence-corrected chi connectivity index (χ3v) is 5.78. The molecule has 0 atom stereocenters. The van der Waals surface area contributed by atoms with Crippen LogP contribution < -0.4 is 5.32 Å². The predicted molar refractivity (Wildman–Crippen MR) is 119 cm³/mol. The molecular formula is C22H26ClN5O3. The van der Waals surface area contributed by atoms with E-state index in [1.54, 1.807) is 21.5 Å². The maximum Gasteiger partial charge on any atom is 0.338 e. The van der Waals surface area contributed by atoms with Crippen molar-refractivity contribution in [2.24, 2.45) is 0 Å². The Kier molecular flexibility index (Phi) is 6.80. The zero-order valence-electron chi connectivity index (χ0n) is 18.3. The average Bonchev–Trinajstić information content (AvgIpc) is 3.16. The second-order valence-corrected chi connectivity index (χ2v) is 7.74. The largest absolute Gasteiger partial charge is 0.465 e. The first-order chi connectivity index (χ1) is 14.7. The molecule has 1 aromatic carbocycles. The Labute approximate surface area is 186 Å². The van der Waals surface area contributed by atoms with E-state index in [9.17, 15) is 9.59 Å². The fourth-order valence-electron chi connectivity index (χ4n) is 3.46. The van der Waals surface area contributed by atoms with Gasteiger partial charge in [-0.2, -0.15) is 10.2 Å². The lowest BCUT2D eigenvalue weighted by Gasteiger charge is -2.10. The molecule has 2 heterocycles. The van der Waals surface area contributed by atoms with Gasteiger partial charge in [0.2, 0.25) is 5.91 Å². The molecule has 0 radical (unpaired) electrons. The molecule has 0 fully saturated rings. The molecule has 0 spiro atoms. The van der Waals surface area contributed by atoms with E-state index >= 15 is 0 Å². The van der Waals surface area contributed by atoms with Crippen LogP contribution in [-0.2, 0) is 22.6 Å². The van der Waals surface area contributed by atoms with Crippen molar-refractivity contribution in [2.75, 3.05) is 12.4 Å². The number of rotatable bonds is 7. The van der Waals surface area contributed by atoms with Gasteiger partial charge in [-0.1, -0.05) is 29.8 Å². The Morgan fingerprint density at radius 1 is 1.03 bits per heavy atom. The minimum Gasteiger partial charge on any atom is -0.465 e. The van der Waals surface area contributed by atoms with Gasteiger partial charge in [0.15, 0.2) is 0 Å². The lowest BCUT2D eigenvalue weighted by atomic mass is 10.1. The summed E-state index contributed by atoms with van der Waals surface area (Å²) in [4.78, 5) is 24.6. The zero-order chi connectivity index (χ0) is 22.7. The monoisotopic (exact) mass is 443 g/mol. The molecule has 3 aromatic rings. The quantitative estimate of drug-likeness (QED) is 0.560. The summed E-state index contributed by atoms with van der Waals surface area (Å²) in [6, 6.07) is 7.24. The molecule has 2 aromatic heterocycles. The molecular weight excluding hydrogens is 418 g/mol. The van der Waals surface area contributed by atoms with Crippen molar-refractivity contribution in [3.8, 4) is 0 Å². The number of aryl methyl sites for hydroxylation is 3. The van der Waals surface area contributed by atoms with Crippen molar-refractivity contribution in [1.29, 1.82) is 0 Å². The van der Waals surface area contributed by atoms with E-state index in [2.05, 4.69) is 15.5 Å². The van der Waals surface area contributed by atoms with Gasteiger partial charge in [-0.25, -0.2) is 4.79 Å². The summed E-state index contributed by atoms with van der Waals surface area (Å²) in [6.45, 7) is 8.27. The molecule has 9 heteroatoms. The molecule has 1 N–H and O–H groups in total. The Morgan fingerprint density at radius 2 is 1.71 bits per heavy atom. The smallest absolute Gasteiger partial charge is 0.338 e. The lowest BCUT2D eigenvalue weighted by molar-refractivity contribution is -0.116. The summed E-state index contributed by atoms with van der Waals surface area (Å²) in [7, 11) is 1.36. The second kappa shape index (κ2) is 9.34. The Balaban J connectivity index is 1.72. The van der Waals surface area contributed by atoms with E-state index in [4.69, 9.17) is 16.3 Å². The number of amides is 1. The van der Waals surface area contributed by atoms with Gasteiger partial charge in [0, 0.05) is 6.42 Å². The van der Waals surface area contributed by atoms with Crippen LogP contribution in [0.5, 0.6) is 0 Å². The van der Waals surface area contributed by atoms with Crippen LogP contribution in [0.3, 0.4) is 0 Å². The number of hydrogen-bond acceptors (Lipinski definition) is 5. The minimum atomic E-state index is -0.394. The molecule has 0 aliphatic rings. The number of nitrogens with zero attached hydrogens (tertiary/aromatic N) is 4. The summed E-state index contributed by atoms with van der Waals surface area (Å²) < 4.78 is 8.38.